The van der Waals surface area contributed by atoms with Gasteiger partial charge in [0.2, 0.25) is 11.8 Å². The molecule has 2 aromatic rings. The van der Waals surface area contributed by atoms with Crippen molar-refractivity contribution in [2.24, 2.45) is 11.7 Å². The number of likely N-dealkylation sites (tertiary alicyclic amines) is 2. The molecule has 2 heterocycles. The molecule has 0 aliphatic carbocycles. The number of hydrogen-bond acceptors (Lipinski definition) is 5. The number of nitrogens with one attached hydrogen (secondary N) is 1. The van der Waals surface area contributed by atoms with Crippen molar-refractivity contribution >= 4 is 23.5 Å². The molecule has 8 heteroatoms. The zero-order valence-corrected chi connectivity index (χ0v) is 20.9. The standard InChI is InChI=1S/C28H34N4O4/c1-18(2)13-22(30-27(35)21-10-6-9-20(14-21)16-29)28(36)31-12-11-23-26(31)24(33)17-32(23)25(34)15-19-7-4-3-5-8-19/h3-10,14,18,22-23,26H,11-13,15-17,29H2,1-2H3,(H,30,35)/t22-,23?,26-/m0/s1. The molecule has 36 heavy (non-hydrogen) atoms. The van der Waals surface area contributed by atoms with Gasteiger partial charge in [0, 0.05) is 18.7 Å². The van der Waals surface area contributed by atoms with Crippen LogP contribution in [-0.4, -0.2) is 64.5 Å². The Balaban J connectivity index is 1.48. The summed E-state index contributed by atoms with van der Waals surface area (Å²) in [7, 11) is 0. The van der Waals surface area contributed by atoms with E-state index in [1.54, 1.807) is 28.0 Å². The molecule has 3 N–H and O–H groups in total. The third kappa shape index (κ3) is 5.49. The topological polar surface area (TPSA) is 113 Å². The van der Waals surface area contributed by atoms with Crippen molar-refractivity contribution < 1.29 is 19.2 Å². The average molecular weight is 491 g/mol. The Morgan fingerprint density at radius 2 is 1.75 bits per heavy atom. The zero-order chi connectivity index (χ0) is 25.8. The van der Waals surface area contributed by atoms with Gasteiger partial charge in [0.05, 0.1) is 19.0 Å². The second kappa shape index (κ2) is 11.0. The molecule has 3 atom stereocenters. The van der Waals surface area contributed by atoms with Crippen LogP contribution < -0.4 is 11.1 Å². The van der Waals surface area contributed by atoms with Gasteiger partial charge in [-0.05, 0) is 42.0 Å². The molecular weight excluding hydrogens is 456 g/mol. The summed E-state index contributed by atoms with van der Waals surface area (Å²) in [6.45, 7) is 4.67. The van der Waals surface area contributed by atoms with E-state index < -0.39 is 12.1 Å². The van der Waals surface area contributed by atoms with Crippen LogP contribution in [0.1, 0.15) is 48.2 Å². The third-order valence-corrected chi connectivity index (χ3v) is 6.96. The summed E-state index contributed by atoms with van der Waals surface area (Å²) < 4.78 is 0. The van der Waals surface area contributed by atoms with Crippen LogP contribution in [0, 0.1) is 5.92 Å². The van der Waals surface area contributed by atoms with Crippen LogP contribution in [0.2, 0.25) is 0 Å². The first-order valence-corrected chi connectivity index (χ1v) is 12.5. The summed E-state index contributed by atoms with van der Waals surface area (Å²) in [5, 5.41) is 2.89. The van der Waals surface area contributed by atoms with Crippen molar-refractivity contribution in [1.82, 2.24) is 15.1 Å². The molecule has 8 nitrogen and oxygen atoms in total. The maximum atomic E-state index is 13.7. The maximum absolute atomic E-state index is 13.7. The first-order chi connectivity index (χ1) is 17.3. The maximum Gasteiger partial charge on any atom is 0.251 e. The van der Waals surface area contributed by atoms with Crippen molar-refractivity contribution in [1.29, 1.82) is 0 Å². The summed E-state index contributed by atoms with van der Waals surface area (Å²) in [4.78, 5) is 55.9. The molecular formula is C28H34N4O4. The summed E-state index contributed by atoms with van der Waals surface area (Å²) >= 11 is 0. The van der Waals surface area contributed by atoms with Gasteiger partial charge in [-0.15, -0.1) is 0 Å². The number of benzene rings is 2. The van der Waals surface area contributed by atoms with E-state index in [9.17, 15) is 19.2 Å². The Morgan fingerprint density at radius 3 is 2.44 bits per heavy atom. The number of carbonyl (C=O) groups is 4. The number of rotatable bonds is 8. The van der Waals surface area contributed by atoms with Crippen LogP contribution >= 0.6 is 0 Å². The molecule has 3 amide bonds. The lowest BCUT2D eigenvalue weighted by molar-refractivity contribution is -0.138. The molecule has 2 aromatic carbocycles. The Labute approximate surface area is 211 Å². The number of ketones is 1. The second-order valence-electron chi connectivity index (χ2n) is 10.0. The molecule has 0 aromatic heterocycles. The van der Waals surface area contributed by atoms with Crippen molar-refractivity contribution in [3.8, 4) is 0 Å². The molecule has 0 saturated carbocycles. The first kappa shape index (κ1) is 25.6. The molecule has 2 fully saturated rings. The smallest absolute Gasteiger partial charge is 0.251 e. The van der Waals surface area contributed by atoms with E-state index in [1.807, 2.05) is 50.2 Å². The first-order valence-electron chi connectivity index (χ1n) is 12.5. The lowest BCUT2D eigenvalue weighted by Crippen LogP contribution is -2.53. The van der Waals surface area contributed by atoms with E-state index in [2.05, 4.69) is 5.32 Å². The van der Waals surface area contributed by atoms with Gasteiger partial charge in [0.15, 0.2) is 5.78 Å². The van der Waals surface area contributed by atoms with E-state index in [-0.39, 0.29) is 48.4 Å². The fraction of sp³-hybridized carbons (Fsp3) is 0.429. The highest BCUT2D eigenvalue weighted by Crippen LogP contribution is 2.31. The van der Waals surface area contributed by atoms with E-state index in [0.717, 1.165) is 11.1 Å². The summed E-state index contributed by atoms with van der Waals surface area (Å²) in [6, 6.07) is 14.7. The van der Waals surface area contributed by atoms with Crippen LogP contribution in [0.25, 0.3) is 0 Å². The number of nitrogens with two attached hydrogens (primary N) is 1. The summed E-state index contributed by atoms with van der Waals surface area (Å²) in [5.41, 5.74) is 7.86. The fourth-order valence-electron chi connectivity index (χ4n) is 5.24. The lowest BCUT2D eigenvalue weighted by Gasteiger charge is -2.29. The van der Waals surface area contributed by atoms with Crippen molar-refractivity contribution in [2.75, 3.05) is 13.1 Å². The van der Waals surface area contributed by atoms with Crippen molar-refractivity contribution in [3.05, 3.63) is 71.3 Å². The van der Waals surface area contributed by atoms with Gasteiger partial charge in [-0.2, -0.15) is 0 Å². The monoisotopic (exact) mass is 490 g/mol. The Hall–Kier alpha value is -3.52. The molecule has 1 unspecified atom stereocenters. The van der Waals surface area contributed by atoms with E-state index in [4.69, 9.17) is 5.73 Å². The summed E-state index contributed by atoms with van der Waals surface area (Å²) in [5.74, 6) is -0.709. The third-order valence-electron chi connectivity index (χ3n) is 6.96. The van der Waals surface area contributed by atoms with Gasteiger partial charge < -0.3 is 20.9 Å². The fourth-order valence-corrected chi connectivity index (χ4v) is 5.24. The van der Waals surface area contributed by atoms with Gasteiger partial charge in [0.1, 0.15) is 12.1 Å². The number of carbonyl (C=O) groups excluding carboxylic acids is 4. The Kier molecular flexibility index (Phi) is 7.84. The van der Waals surface area contributed by atoms with E-state index in [0.29, 0.717) is 31.5 Å². The van der Waals surface area contributed by atoms with Crippen LogP contribution in [0.15, 0.2) is 54.6 Å². The van der Waals surface area contributed by atoms with Gasteiger partial charge in [0.25, 0.3) is 5.91 Å². The van der Waals surface area contributed by atoms with Crippen molar-refractivity contribution in [3.63, 3.8) is 0 Å². The average Bonchev–Trinajstić information content (AvgIpc) is 3.45. The van der Waals surface area contributed by atoms with Gasteiger partial charge >= 0.3 is 0 Å². The highest BCUT2D eigenvalue weighted by Gasteiger charge is 2.52. The molecule has 4 rings (SSSR count). The van der Waals surface area contributed by atoms with E-state index in [1.165, 1.54) is 0 Å². The predicted molar refractivity (Wildman–Crippen MR) is 136 cm³/mol. The minimum atomic E-state index is -0.764. The molecule has 2 saturated heterocycles. The van der Waals surface area contributed by atoms with Crippen molar-refractivity contribution in [2.45, 2.75) is 57.8 Å². The number of amides is 3. The Bertz CT molecular complexity index is 1130. The van der Waals surface area contributed by atoms with Gasteiger partial charge in [-0.1, -0.05) is 56.3 Å². The van der Waals surface area contributed by atoms with Crippen LogP contribution in [0.4, 0.5) is 0 Å². The van der Waals surface area contributed by atoms with Crippen LogP contribution in [-0.2, 0) is 27.3 Å². The molecule has 0 spiro atoms. The molecule has 2 aliphatic rings. The second-order valence-corrected chi connectivity index (χ2v) is 10.0. The molecule has 0 radical (unpaired) electrons. The largest absolute Gasteiger partial charge is 0.340 e. The lowest BCUT2D eigenvalue weighted by atomic mass is 10.0. The number of hydrogen-bond donors (Lipinski definition) is 2. The Morgan fingerprint density at radius 1 is 1.03 bits per heavy atom. The van der Waals surface area contributed by atoms with Crippen LogP contribution in [0.5, 0.6) is 0 Å². The quantitative estimate of drug-likeness (QED) is 0.587. The number of Topliss-reactive ketones (excluding diaryl/α,β-unsaturated/α-hetero) is 1. The highest BCUT2D eigenvalue weighted by atomic mass is 16.2. The van der Waals surface area contributed by atoms with E-state index >= 15 is 0 Å². The highest BCUT2D eigenvalue weighted by molar-refractivity contribution is 6.01. The molecule has 190 valence electrons. The SMILES string of the molecule is CC(C)C[C@H](NC(=O)c1cccc(CN)c1)C(=O)N1CCC2[C@H]1C(=O)CN2C(=O)Cc1ccccc1. The zero-order valence-electron chi connectivity index (χ0n) is 20.9. The number of nitrogens with zero attached hydrogens (tertiary/aromatic N) is 2. The van der Waals surface area contributed by atoms with Crippen LogP contribution in [0.3, 0.4) is 0 Å². The minimum Gasteiger partial charge on any atom is -0.340 e. The summed E-state index contributed by atoms with van der Waals surface area (Å²) in [6.07, 6.45) is 1.21. The molecule has 2 aliphatic heterocycles. The normalized spacial score (nSPS) is 19.9. The predicted octanol–water partition coefficient (Wildman–Crippen LogP) is 1.91. The number of fused-ring (bicyclic) bond motifs is 1. The molecule has 0 bridgehead atoms. The van der Waals surface area contributed by atoms with Gasteiger partial charge in [-0.25, -0.2) is 0 Å². The van der Waals surface area contributed by atoms with Gasteiger partial charge in [-0.3, -0.25) is 19.2 Å². The minimum absolute atomic E-state index is 0.0118.